The fraction of sp³-hybridized carbons (Fsp3) is 0.700. The molecule has 0 saturated heterocycles. The second-order valence-corrected chi connectivity index (χ2v) is 3.30. The number of hydrogen-bond donors (Lipinski definition) is 1. The van der Waals surface area contributed by atoms with Gasteiger partial charge in [0.05, 0.1) is 17.9 Å². The van der Waals surface area contributed by atoms with E-state index in [1.165, 1.54) is 0 Å². The van der Waals surface area contributed by atoms with Gasteiger partial charge < -0.3 is 14.8 Å². The minimum Gasteiger partial charge on any atom is -0.377 e. The molecule has 1 heterocycles. The first kappa shape index (κ1) is 12.0. The average molecular weight is 213 g/mol. The summed E-state index contributed by atoms with van der Waals surface area (Å²) in [4.78, 5) is 0. The monoisotopic (exact) mass is 213 g/mol. The molecule has 0 spiro atoms. The Morgan fingerprint density at radius 1 is 1.47 bits per heavy atom. The summed E-state index contributed by atoms with van der Waals surface area (Å²) in [5.41, 5.74) is 2.10. The van der Waals surface area contributed by atoms with Crippen LogP contribution in [0.1, 0.15) is 12.6 Å². The van der Waals surface area contributed by atoms with Gasteiger partial charge in [-0.25, -0.2) is 0 Å². The van der Waals surface area contributed by atoms with E-state index in [-0.39, 0.29) is 6.29 Å². The van der Waals surface area contributed by atoms with Crippen LogP contribution in [0.5, 0.6) is 0 Å². The van der Waals surface area contributed by atoms with Gasteiger partial charge in [0, 0.05) is 27.5 Å². The van der Waals surface area contributed by atoms with Crippen molar-refractivity contribution in [3.63, 3.8) is 0 Å². The van der Waals surface area contributed by atoms with Gasteiger partial charge in [0.2, 0.25) is 0 Å². The quantitative estimate of drug-likeness (QED) is 0.717. The van der Waals surface area contributed by atoms with Crippen LogP contribution in [0.2, 0.25) is 0 Å². The molecule has 0 aliphatic rings. The lowest BCUT2D eigenvalue weighted by molar-refractivity contribution is -0.0914. The Bertz CT molecular complexity index is 295. The van der Waals surface area contributed by atoms with Gasteiger partial charge in [-0.3, -0.25) is 4.68 Å². The molecule has 5 heteroatoms. The van der Waals surface area contributed by atoms with Crippen LogP contribution in [0.4, 0.5) is 5.69 Å². The van der Waals surface area contributed by atoms with Crippen molar-refractivity contribution in [3.8, 4) is 0 Å². The van der Waals surface area contributed by atoms with E-state index in [1.54, 1.807) is 18.9 Å². The van der Waals surface area contributed by atoms with Crippen LogP contribution in [0.25, 0.3) is 0 Å². The minimum absolute atomic E-state index is 0.227. The normalized spacial score (nSPS) is 11.0. The Morgan fingerprint density at radius 2 is 2.13 bits per heavy atom. The van der Waals surface area contributed by atoms with Gasteiger partial charge >= 0.3 is 0 Å². The Hall–Kier alpha value is -1.07. The number of methoxy groups -OCH3 is 2. The summed E-state index contributed by atoms with van der Waals surface area (Å²) in [6.07, 6.45) is 2.64. The van der Waals surface area contributed by atoms with Gasteiger partial charge in [0.1, 0.15) is 0 Å². The van der Waals surface area contributed by atoms with Gasteiger partial charge in [-0.15, -0.1) is 0 Å². The lowest BCUT2D eigenvalue weighted by Gasteiger charge is -2.14. The summed E-state index contributed by atoms with van der Waals surface area (Å²) in [5, 5.41) is 7.58. The fourth-order valence-electron chi connectivity index (χ4n) is 1.40. The summed E-state index contributed by atoms with van der Waals surface area (Å²) < 4.78 is 12.0. The van der Waals surface area contributed by atoms with E-state index in [9.17, 15) is 0 Å². The van der Waals surface area contributed by atoms with Crippen molar-refractivity contribution < 1.29 is 9.47 Å². The van der Waals surface area contributed by atoms with Crippen molar-refractivity contribution in [1.29, 1.82) is 0 Å². The first-order valence-electron chi connectivity index (χ1n) is 5.03. The predicted molar refractivity (Wildman–Crippen MR) is 58.9 cm³/mol. The van der Waals surface area contributed by atoms with E-state index in [4.69, 9.17) is 9.47 Å². The SMILES string of the molecule is CCc1nn(C)cc1NCC(OC)OC. The molecule has 0 atom stereocenters. The highest BCUT2D eigenvalue weighted by Gasteiger charge is 2.08. The lowest BCUT2D eigenvalue weighted by Crippen LogP contribution is -2.23. The van der Waals surface area contributed by atoms with Gasteiger partial charge in [0.25, 0.3) is 0 Å². The molecule has 0 amide bonds. The van der Waals surface area contributed by atoms with Crippen LogP contribution in [0.3, 0.4) is 0 Å². The highest BCUT2D eigenvalue weighted by atomic mass is 16.7. The highest BCUT2D eigenvalue weighted by Crippen LogP contribution is 2.13. The predicted octanol–water partition coefficient (Wildman–Crippen LogP) is 1.01. The van der Waals surface area contributed by atoms with E-state index in [2.05, 4.69) is 17.3 Å². The molecule has 0 saturated carbocycles. The fourth-order valence-corrected chi connectivity index (χ4v) is 1.40. The summed E-state index contributed by atoms with van der Waals surface area (Å²) in [7, 11) is 5.16. The van der Waals surface area contributed by atoms with Crippen LogP contribution in [-0.4, -0.2) is 36.8 Å². The van der Waals surface area contributed by atoms with Crippen LogP contribution < -0.4 is 5.32 Å². The van der Waals surface area contributed by atoms with Gasteiger partial charge in [-0.05, 0) is 6.42 Å². The Labute approximate surface area is 90.4 Å². The Kier molecular flexibility index (Phi) is 4.58. The third-order valence-electron chi connectivity index (χ3n) is 2.23. The molecular formula is C10H19N3O2. The zero-order valence-electron chi connectivity index (χ0n) is 9.78. The lowest BCUT2D eigenvalue weighted by atomic mass is 10.3. The van der Waals surface area contributed by atoms with Crippen molar-refractivity contribution in [2.75, 3.05) is 26.1 Å². The summed E-state index contributed by atoms with van der Waals surface area (Å²) in [6.45, 7) is 2.70. The number of ether oxygens (including phenoxy) is 2. The average Bonchev–Trinajstić information content (AvgIpc) is 2.60. The van der Waals surface area contributed by atoms with Gasteiger partial charge in [0.15, 0.2) is 6.29 Å². The van der Waals surface area contributed by atoms with E-state index in [0.717, 1.165) is 17.8 Å². The van der Waals surface area contributed by atoms with Crippen LogP contribution in [0.15, 0.2) is 6.20 Å². The largest absolute Gasteiger partial charge is 0.377 e. The van der Waals surface area contributed by atoms with Gasteiger partial charge in [-0.1, -0.05) is 6.92 Å². The van der Waals surface area contributed by atoms with E-state index >= 15 is 0 Å². The third kappa shape index (κ3) is 3.21. The van der Waals surface area contributed by atoms with Crippen molar-refractivity contribution in [1.82, 2.24) is 9.78 Å². The first-order valence-corrected chi connectivity index (χ1v) is 5.03. The molecule has 0 bridgehead atoms. The molecule has 5 nitrogen and oxygen atoms in total. The second kappa shape index (κ2) is 5.72. The second-order valence-electron chi connectivity index (χ2n) is 3.30. The van der Waals surface area contributed by atoms with Crippen molar-refractivity contribution in [3.05, 3.63) is 11.9 Å². The van der Waals surface area contributed by atoms with E-state index in [0.29, 0.717) is 6.54 Å². The molecule has 0 aromatic carbocycles. The number of anilines is 1. The highest BCUT2D eigenvalue weighted by molar-refractivity contribution is 5.46. The summed E-state index contributed by atoms with van der Waals surface area (Å²) in [5.74, 6) is 0. The molecule has 0 unspecified atom stereocenters. The Morgan fingerprint density at radius 3 is 2.67 bits per heavy atom. The maximum absolute atomic E-state index is 5.09. The molecular weight excluding hydrogens is 194 g/mol. The maximum Gasteiger partial charge on any atom is 0.173 e. The standard InChI is InChI=1S/C10H19N3O2/c1-5-8-9(7-13(2)12-8)11-6-10(14-3)15-4/h7,10-11H,5-6H2,1-4H3. The summed E-state index contributed by atoms with van der Waals surface area (Å²) in [6, 6.07) is 0. The first-order chi connectivity index (χ1) is 7.21. The molecule has 86 valence electrons. The van der Waals surface area contributed by atoms with E-state index in [1.807, 2.05) is 13.2 Å². The van der Waals surface area contributed by atoms with Crippen molar-refractivity contribution >= 4 is 5.69 Å². The van der Waals surface area contributed by atoms with Crippen LogP contribution >= 0.6 is 0 Å². The molecule has 1 N–H and O–H groups in total. The maximum atomic E-state index is 5.09. The molecule has 0 aliphatic carbocycles. The third-order valence-corrected chi connectivity index (χ3v) is 2.23. The zero-order chi connectivity index (χ0) is 11.3. The molecule has 1 aromatic heterocycles. The molecule has 0 fully saturated rings. The molecule has 0 aliphatic heterocycles. The van der Waals surface area contributed by atoms with Crippen LogP contribution in [0, 0.1) is 0 Å². The van der Waals surface area contributed by atoms with E-state index < -0.39 is 0 Å². The molecule has 1 rings (SSSR count). The number of rotatable bonds is 6. The van der Waals surface area contributed by atoms with Crippen molar-refractivity contribution in [2.24, 2.45) is 7.05 Å². The molecule has 15 heavy (non-hydrogen) atoms. The number of hydrogen-bond acceptors (Lipinski definition) is 4. The zero-order valence-corrected chi connectivity index (χ0v) is 9.78. The Balaban J connectivity index is 2.55. The number of nitrogens with zero attached hydrogens (tertiary/aromatic N) is 2. The number of nitrogens with one attached hydrogen (secondary N) is 1. The van der Waals surface area contributed by atoms with Crippen molar-refractivity contribution in [2.45, 2.75) is 19.6 Å². The molecule has 0 radical (unpaired) electrons. The number of aryl methyl sites for hydroxylation is 2. The smallest absolute Gasteiger partial charge is 0.173 e. The summed E-state index contributed by atoms with van der Waals surface area (Å²) >= 11 is 0. The van der Waals surface area contributed by atoms with Crippen LogP contribution in [-0.2, 0) is 22.9 Å². The van der Waals surface area contributed by atoms with Gasteiger partial charge in [-0.2, -0.15) is 5.10 Å². The topological polar surface area (TPSA) is 48.3 Å². The minimum atomic E-state index is -0.227. The number of aromatic nitrogens is 2. The molecule has 1 aromatic rings.